The van der Waals surface area contributed by atoms with Crippen LogP contribution in [-0.2, 0) is 0 Å². The van der Waals surface area contributed by atoms with Crippen LogP contribution in [0.1, 0.15) is 26.4 Å². The maximum absolute atomic E-state index is 14.6. The van der Waals surface area contributed by atoms with E-state index in [9.17, 15) is 14.0 Å². The third-order valence-corrected chi connectivity index (χ3v) is 7.15. The number of carbonyl (C=O) groups excluding carboxylic acids is 2. The molecule has 12 heteroatoms. The number of fused-ring (bicyclic) bond motifs is 1. The van der Waals surface area contributed by atoms with Gasteiger partial charge >= 0.3 is 5.97 Å². The van der Waals surface area contributed by atoms with E-state index in [4.69, 9.17) is 35.3 Å². The van der Waals surface area contributed by atoms with Crippen LogP contribution in [0.25, 0.3) is 22.0 Å². The van der Waals surface area contributed by atoms with Crippen LogP contribution in [0, 0.1) is 5.82 Å². The Kier molecular flexibility index (Phi) is 9.20. The van der Waals surface area contributed by atoms with Gasteiger partial charge < -0.3 is 28.7 Å². The Morgan fingerprint density at radius 3 is 2.22 bits per heavy atom. The predicted octanol–water partition coefficient (Wildman–Crippen LogP) is 6.64. The zero-order chi connectivity index (χ0) is 32.1. The van der Waals surface area contributed by atoms with E-state index in [1.54, 1.807) is 48.5 Å². The van der Waals surface area contributed by atoms with Crippen molar-refractivity contribution in [1.29, 1.82) is 0 Å². The number of hydrogen-bond acceptors (Lipinski definition) is 8. The number of nitrogens with zero attached hydrogens (tertiary/aromatic N) is 1. The minimum atomic E-state index is -0.690. The molecule has 0 saturated carbocycles. The second-order valence-corrected chi connectivity index (χ2v) is 9.84. The van der Waals surface area contributed by atoms with Gasteiger partial charge in [-0.25, -0.2) is 14.6 Å². The van der Waals surface area contributed by atoms with Gasteiger partial charge in [-0.2, -0.15) is 5.10 Å². The van der Waals surface area contributed by atoms with Gasteiger partial charge in [-0.1, -0.05) is 41.9 Å². The predicted molar refractivity (Wildman–Crippen MR) is 168 cm³/mol. The average Bonchev–Trinajstić information content (AvgIpc) is 3.45. The number of carbonyl (C=O) groups is 2. The summed E-state index contributed by atoms with van der Waals surface area (Å²) in [5, 5.41) is 4.96. The monoisotopic (exact) mass is 631 g/mol. The average molecular weight is 632 g/mol. The summed E-state index contributed by atoms with van der Waals surface area (Å²) < 4.78 is 41.5. The highest BCUT2D eigenvalue weighted by Crippen LogP contribution is 2.39. The molecule has 0 aliphatic rings. The van der Waals surface area contributed by atoms with Crippen molar-refractivity contribution >= 4 is 40.6 Å². The number of ether oxygens (including phenoxy) is 5. The van der Waals surface area contributed by atoms with Crippen LogP contribution >= 0.6 is 11.6 Å². The first kappa shape index (κ1) is 30.9. The second kappa shape index (κ2) is 13.4. The van der Waals surface area contributed by atoms with E-state index in [1.165, 1.54) is 58.9 Å². The molecule has 45 heavy (non-hydrogen) atoms. The summed E-state index contributed by atoms with van der Waals surface area (Å²) in [6.07, 6.45) is 1.38. The molecule has 1 heterocycles. The molecule has 0 bridgehead atoms. The molecule has 0 aliphatic carbocycles. The van der Waals surface area contributed by atoms with Crippen LogP contribution in [-0.4, -0.2) is 51.5 Å². The fraction of sp³-hybridized carbons (Fsp3) is 0.121. The molecule has 230 valence electrons. The van der Waals surface area contributed by atoms with Crippen molar-refractivity contribution in [2.75, 3.05) is 28.4 Å². The van der Waals surface area contributed by atoms with Crippen LogP contribution in [0.5, 0.6) is 28.7 Å². The maximum atomic E-state index is 14.6. The molecule has 5 rings (SSSR count). The number of H-pyrrole nitrogens is 1. The molecule has 0 spiro atoms. The highest BCUT2D eigenvalue weighted by molar-refractivity contribution is 6.34. The van der Waals surface area contributed by atoms with Crippen LogP contribution in [0.2, 0.25) is 5.02 Å². The summed E-state index contributed by atoms with van der Waals surface area (Å²) in [4.78, 5) is 29.1. The Morgan fingerprint density at radius 2 is 1.56 bits per heavy atom. The second-order valence-electron chi connectivity index (χ2n) is 9.43. The molecular weight excluding hydrogens is 605 g/mol. The number of hydrogen-bond donors (Lipinski definition) is 2. The van der Waals surface area contributed by atoms with Crippen molar-refractivity contribution < 1.29 is 37.7 Å². The van der Waals surface area contributed by atoms with Gasteiger partial charge in [-0.05, 0) is 48.0 Å². The number of aromatic nitrogens is 1. The normalized spacial score (nSPS) is 11.0. The highest BCUT2D eigenvalue weighted by atomic mass is 35.5. The molecule has 4 aromatic carbocycles. The number of amides is 1. The minimum absolute atomic E-state index is 0.0898. The summed E-state index contributed by atoms with van der Waals surface area (Å²) in [5.74, 6) is -0.518. The van der Waals surface area contributed by atoms with Crippen molar-refractivity contribution in [3.05, 3.63) is 100 Å². The SMILES string of the molecule is COc1cc(C=NNC(=O)c2[nH]c3c(F)cccc3c2-c2ccccc2Cl)ccc1OC(=O)c1cc(OC)c(OC)c(OC)c1. The lowest BCUT2D eigenvalue weighted by Gasteiger charge is -2.14. The first-order valence-electron chi connectivity index (χ1n) is 13.4. The molecule has 10 nitrogen and oxygen atoms in total. The molecule has 0 atom stereocenters. The Balaban J connectivity index is 1.36. The number of rotatable bonds is 10. The van der Waals surface area contributed by atoms with Gasteiger partial charge in [0.15, 0.2) is 23.0 Å². The lowest BCUT2D eigenvalue weighted by atomic mass is 10.0. The number of esters is 1. The zero-order valence-corrected chi connectivity index (χ0v) is 25.3. The maximum Gasteiger partial charge on any atom is 0.343 e. The first-order chi connectivity index (χ1) is 21.8. The number of aromatic amines is 1. The third-order valence-electron chi connectivity index (χ3n) is 6.82. The molecular formula is C33H27ClFN3O7. The number of halogens is 2. The van der Waals surface area contributed by atoms with Crippen molar-refractivity contribution in [1.82, 2.24) is 10.4 Å². The summed E-state index contributed by atoms with van der Waals surface area (Å²) in [6, 6.07) is 19.2. The molecule has 1 aromatic heterocycles. The van der Waals surface area contributed by atoms with E-state index in [1.807, 2.05) is 0 Å². The first-order valence-corrected chi connectivity index (χ1v) is 13.8. The molecule has 0 fully saturated rings. The topological polar surface area (TPSA) is 120 Å². The molecule has 0 saturated heterocycles. The van der Waals surface area contributed by atoms with Crippen LogP contribution < -0.4 is 29.1 Å². The number of methoxy groups -OCH3 is 4. The number of para-hydroxylation sites is 1. The number of hydrazone groups is 1. The fourth-order valence-corrected chi connectivity index (χ4v) is 4.95. The van der Waals surface area contributed by atoms with Gasteiger partial charge in [-0.15, -0.1) is 0 Å². The van der Waals surface area contributed by atoms with Gasteiger partial charge in [0.2, 0.25) is 5.75 Å². The molecule has 0 unspecified atom stereocenters. The Morgan fingerprint density at radius 1 is 0.844 bits per heavy atom. The summed E-state index contributed by atoms with van der Waals surface area (Å²) in [7, 11) is 5.76. The fourth-order valence-electron chi connectivity index (χ4n) is 4.72. The largest absolute Gasteiger partial charge is 0.493 e. The summed E-state index contributed by atoms with van der Waals surface area (Å²) >= 11 is 6.44. The van der Waals surface area contributed by atoms with Crippen LogP contribution in [0.4, 0.5) is 4.39 Å². The zero-order valence-electron chi connectivity index (χ0n) is 24.6. The van der Waals surface area contributed by atoms with Crippen molar-refractivity contribution in [3.8, 4) is 39.9 Å². The Labute approximate surface area is 262 Å². The lowest BCUT2D eigenvalue weighted by Crippen LogP contribution is -2.19. The van der Waals surface area contributed by atoms with E-state index in [0.29, 0.717) is 44.3 Å². The van der Waals surface area contributed by atoms with Gasteiger partial charge in [-0.3, -0.25) is 4.79 Å². The standard InChI is InChI=1S/C33H27ClFN3O7/c1-41-25-14-18(12-13-24(25)45-33(40)19-15-26(42-2)31(44-4)27(16-19)43-3)17-36-38-32(39)30-28(20-8-5-6-10-22(20)34)21-9-7-11-23(35)29(21)37-30/h5-17,37H,1-4H3,(H,38,39). The van der Waals surface area contributed by atoms with Crippen molar-refractivity contribution in [2.24, 2.45) is 5.10 Å². The van der Waals surface area contributed by atoms with E-state index in [0.717, 1.165) is 0 Å². The molecule has 0 aliphatic heterocycles. The van der Waals surface area contributed by atoms with E-state index in [2.05, 4.69) is 15.5 Å². The van der Waals surface area contributed by atoms with E-state index < -0.39 is 17.7 Å². The van der Waals surface area contributed by atoms with Crippen molar-refractivity contribution in [2.45, 2.75) is 0 Å². The molecule has 0 radical (unpaired) electrons. The number of nitrogens with one attached hydrogen (secondary N) is 2. The lowest BCUT2D eigenvalue weighted by molar-refractivity contribution is 0.0728. The molecule has 1 amide bonds. The Bertz CT molecular complexity index is 1910. The van der Waals surface area contributed by atoms with Crippen LogP contribution in [0.3, 0.4) is 0 Å². The van der Waals surface area contributed by atoms with Crippen molar-refractivity contribution in [3.63, 3.8) is 0 Å². The smallest absolute Gasteiger partial charge is 0.343 e. The summed E-state index contributed by atoms with van der Waals surface area (Å²) in [6.45, 7) is 0. The summed E-state index contributed by atoms with van der Waals surface area (Å²) in [5.41, 5.74) is 4.42. The van der Waals surface area contributed by atoms with Gasteiger partial charge in [0.05, 0.1) is 45.7 Å². The highest BCUT2D eigenvalue weighted by Gasteiger charge is 2.23. The quantitative estimate of drug-likeness (QED) is 0.0767. The van der Waals surface area contributed by atoms with E-state index in [-0.39, 0.29) is 28.3 Å². The molecule has 2 N–H and O–H groups in total. The molecule has 5 aromatic rings. The van der Waals surface area contributed by atoms with E-state index >= 15 is 0 Å². The Hall–Kier alpha value is -5.55. The number of benzene rings is 4. The minimum Gasteiger partial charge on any atom is -0.493 e. The third kappa shape index (κ3) is 6.24. The van der Waals surface area contributed by atoms with Gasteiger partial charge in [0, 0.05) is 21.5 Å². The van der Waals surface area contributed by atoms with Gasteiger partial charge in [0.1, 0.15) is 11.5 Å². The van der Waals surface area contributed by atoms with Crippen LogP contribution in [0.15, 0.2) is 77.9 Å². The van der Waals surface area contributed by atoms with Gasteiger partial charge in [0.25, 0.3) is 5.91 Å².